The first kappa shape index (κ1) is 15.3. The molecule has 0 aliphatic rings. The molecule has 0 radical (unpaired) electrons. The molecule has 0 nitrogen and oxygen atoms in total. The van der Waals surface area contributed by atoms with Gasteiger partial charge in [0.1, 0.15) is 0 Å². The Labute approximate surface area is 91.9 Å². The van der Waals surface area contributed by atoms with Gasteiger partial charge in [-0.25, -0.2) is 0 Å². The summed E-state index contributed by atoms with van der Waals surface area (Å²) in [4.78, 5) is 0. The van der Waals surface area contributed by atoms with Gasteiger partial charge in [0.05, 0.1) is 0 Å². The molecule has 0 fully saturated rings. The van der Waals surface area contributed by atoms with Crippen LogP contribution in [0.2, 0.25) is 0 Å². The SMILES string of the molecule is C=C/C=C(CC)\C(Cl)=C/CCl.CC. The highest BCUT2D eigenvalue weighted by Crippen LogP contribution is 2.17. The normalized spacial score (nSPS) is 11.8. The zero-order chi connectivity index (χ0) is 10.7. The minimum atomic E-state index is 0.452. The van der Waals surface area contributed by atoms with Crippen LogP contribution in [-0.2, 0) is 0 Å². The third-order valence-electron chi connectivity index (χ3n) is 1.26. The Bertz CT molecular complexity index is 179. The van der Waals surface area contributed by atoms with Gasteiger partial charge in [-0.15, -0.1) is 11.6 Å². The van der Waals surface area contributed by atoms with E-state index >= 15 is 0 Å². The zero-order valence-electron chi connectivity index (χ0n) is 8.61. The van der Waals surface area contributed by atoms with Crippen LogP contribution >= 0.6 is 23.2 Å². The summed E-state index contributed by atoms with van der Waals surface area (Å²) in [5.74, 6) is 0.452. The lowest BCUT2D eigenvalue weighted by atomic mass is 10.2. The molecule has 0 aliphatic heterocycles. The fraction of sp³-hybridized carbons (Fsp3) is 0.455. The van der Waals surface area contributed by atoms with E-state index in [1.165, 1.54) is 0 Å². The number of halogens is 2. The van der Waals surface area contributed by atoms with Crippen LogP contribution in [0.15, 0.2) is 35.4 Å². The molecule has 0 aromatic carbocycles. The van der Waals surface area contributed by atoms with Gasteiger partial charge in [-0.05, 0) is 12.0 Å². The van der Waals surface area contributed by atoms with Crippen molar-refractivity contribution in [1.29, 1.82) is 0 Å². The third-order valence-corrected chi connectivity index (χ3v) is 1.81. The lowest BCUT2D eigenvalue weighted by Gasteiger charge is -1.99. The molecule has 0 atom stereocenters. The summed E-state index contributed by atoms with van der Waals surface area (Å²) in [5.41, 5.74) is 1.07. The molecule has 0 rings (SSSR count). The maximum atomic E-state index is 5.89. The molecule has 0 saturated carbocycles. The summed E-state index contributed by atoms with van der Waals surface area (Å²) < 4.78 is 0. The largest absolute Gasteiger partial charge is 0.122 e. The molecule has 2 heteroatoms. The maximum Gasteiger partial charge on any atom is 0.0421 e. The fourth-order valence-electron chi connectivity index (χ4n) is 0.707. The first-order valence-corrected chi connectivity index (χ1v) is 5.41. The van der Waals surface area contributed by atoms with Crippen LogP contribution in [0.3, 0.4) is 0 Å². The maximum absolute atomic E-state index is 5.89. The van der Waals surface area contributed by atoms with E-state index < -0.39 is 0 Å². The van der Waals surface area contributed by atoms with E-state index in [0.29, 0.717) is 5.88 Å². The van der Waals surface area contributed by atoms with Crippen LogP contribution in [0.4, 0.5) is 0 Å². The highest BCUT2D eigenvalue weighted by Gasteiger charge is 1.96. The monoisotopic (exact) mass is 220 g/mol. The molecular weight excluding hydrogens is 203 g/mol. The van der Waals surface area contributed by atoms with Crippen LogP contribution in [0, 0.1) is 0 Å². The second-order valence-corrected chi connectivity index (χ2v) is 2.70. The van der Waals surface area contributed by atoms with Crippen molar-refractivity contribution in [2.45, 2.75) is 27.2 Å². The predicted molar refractivity (Wildman–Crippen MR) is 64.6 cm³/mol. The summed E-state index contributed by atoms with van der Waals surface area (Å²) in [5, 5.41) is 0.724. The highest BCUT2D eigenvalue weighted by molar-refractivity contribution is 6.32. The predicted octanol–water partition coefficient (Wildman–Crippen LogP) is 4.90. The van der Waals surface area contributed by atoms with E-state index in [1.807, 2.05) is 26.8 Å². The third kappa shape index (κ3) is 8.14. The quantitative estimate of drug-likeness (QED) is 0.468. The lowest BCUT2D eigenvalue weighted by Crippen LogP contribution is -1.80. The number of hydrogen-bond acceptors (Lipinski definition) is 0. The summed E-state index contributed by atoms with van der Waals surface area (Å²) in [6, 6.07) is 0. The van der Waals surface area contributed by atoms with Gasteiger partial charge >= 0.3 is 0 Å². The van der Waals surface area contributed by atoms with Gasteiger partial charge in [0, 0.05) is 10.9 Å². The first-order chi connectivity index (χ1) is 6.26. The lowest BCUT2D eigenvalue weighted by molar-refractivity contribution is 1.14. The molecule has 0 saturated heterocycles. The number of alkyl halides is 1. The smallest absolute Gasteiger partial charge is 0.0421 e. The molecule has 0 aliphatic carbocycles. The van der Waals surface area contributed by atoms with Crippen molar-refractivity contribution in [3.8, 4) is 0 Å². The molecule has 0 spiro atoms. The van der Waals surface area contributed by atoms with E-state index in [1.54, 1.807) is 12.2 Å². The summed E-state index contributed by atoms with van der Waals surface area (Å²) >= 11 is 11.4. The van der Waals surface area contributed by atoms with Gasteiger partial charge in [-0.3, -0.25) is 0 Å². The first-order valence-electron chi connectivity index (χ1n) is 4.49. The Hall–Kier alpha value is -0.200. The molecule has 0 heterocycles. The molecule has 0 bridgehead atoms. The van der Waals surface area contributed by atoms with Crippen molar-refractivity contribution in [3.05, 3.63) is 35.4 Å². The van der Waals surface area contributed by atoms with Gasteiger partial charge in [-0.1, -0.05) is 57.2 Å². The van der Waals surface area contributed by atoms with Gasteiger partial charge in [-0.2, -0.15) is 0 Å². The van der Waals surface area contributed by atoms with Crippen molar-refractivity contribution >= 4 is 23.2 Å². The Morgan fingerprint density at radius 2 is 1.92 bits per heavy atom. The van der Waals surface area contributed by atoms with E-state index in [9.17, 15) is 0 Å². The van der Waals surface area contributed by atoms with Crippen LogP contribution < -0.4 is 0 Å². The van der Waals surface area contributed by atoms with Crippen LogP contribution in [0.5, 0.6) is 0 Å². The van der Waals surface area contributed by atoms with E-state index in [4.69, 9.17) is 23.2 Å². The van der Waals surface area contributed by atoms with E-state index in [0.717, 1.165) is 17.0 Å². The molecule has 0 N–H and O–H groups in total. The van der Waals surface area contributed by atoms with Gasteiger partial charge in [0.25, 0.3) is 0 Å². The van der Waals surface area contributed by atoms with E-state index in [-0.39, 0.29) is 0 Å². The second kappa shape index (κ2) is 11.8. The van der Waals surface area contributed by atoms with E-state index in [2.05, 4.69) is 6.58 Å². The highest BCUT2D eigenvalue weighted by atomic mass is 35.5. The molecule has 0 aromatic heterocycles. The van der Waals surface area contributed by atoms with Crippen LogP contribution in [0.1, 0.15) is 27.2 Å². The average Bonchev–Trinajstić information content (AvgIpc) is 2.17. The standard InChI is InChI=1S/C9H12Cl2.C2H6/c1-3-5-8(4-2)9(11)6-7-10;1-2/h3,5-6H,1,4,7H2,2H3;1-2H3/b8-5-,9-6+;. The molecule has 13 heavy (non-hydrogen) atoms. The summed E-state index contributed by atoms with van der Waals surface area (Å²) in [6.07, 6.45) is 6.30. The molecule has 0 amide bonds. The van der Waals surface area contributed by atoms with Crippen LogP contribution in [-0.4, -0.2) is 5.88 Å². The molecular formula is C11H18Cl2. The van der Waals surface area contributed by atoms with Gasteiger partial charge in [0.15, 0.2) is 0 Å². The Morgan fingerprint density at radius 1 is 1.38 bits per heavy atom. The minimum Gasteiger partial charge on any atom is -0.122 e. The molecule has 0 aromatic rings. The number of allylic oxidation sites excluding steroid dienone is 5. The average molecular weight is 221 g/mol. The van der Waals surface area contributed by atoms with Crippen molar-refractivity contribution in [2.75, 3.05) is 5.88 Å². The van der Waals surface area contributed by atoms with Crippen molar-refractivity contribution in [3.63, 3.8) is 0 Å². The van der Waals surface area contributed by atoms with Crippen molar-refractivity contribution < 1.29 is 0 Å². The van der Waals surface area contributed by atoms with Crippen LogP contribution in [0.25, 0.3) is 0 Å². The van der Waals surface area contributed by atoms with Gasteiger partial charge in [0.2, 0.25) is 0 Å². The molecule has 76 valence electrons. The van der Waals surface area contributed by atoms with Crippen molar-refractivity contribution in [1.82, 2.24) is 0 Å². The second-order valence-electron chi connectivity index (χ2n) is 1.99. The summed E-state index contributed by atoms with van der Waals surface area (Å²) in [6.45, 7) is 9.64. The minimum absolute atomic E-state index is 0.452. The fourth-order valence-corrected chi connectivity index (χ4v) is 1.21. The Kier molecular flexibility index (Phi) is 13.9. The number of hydrogen-bond donors (Lipinski definition) is 0. The number of rotatable bonds is 4. The van der Waals surface area contributed by atoms with Gasteiger partial charge < -0.3 is 0 Å². The molecule has 0 unspecified atom stereocenters. The summed E-state index contributed by atoms with van der Waals surface area (Å²) in [7, 11) is 0. The van der Waals surface area contributed by atoms with Crippen molar-refractivity contribution in [2.24, 2.45) is 0 Å². The topological polar surface area (TPSA) is 0 Å². The Morgan fingerprint density at radius 3 is 2.23 bits per heavy atom. The Balaban J connectivity index is 0. The zero-order valence-corrected chi connectivity index (χ0v) is 10.1.